The van der Waals surface area contributed by atoms with Gasteiger partial charge in [0.1, 0.15) is 12.7 Å². The van der Waals surface area contributed by atoms with Crippen molar-refractivity contribution in [2.45, 2.75) is 76.5 Å². The molecule has 2 fully saturated rings. The van der Waals surface area contributed by atoms with Gasteiger partial charge in [0.05, 0.1) is 24.0 Å². The standard InChI is InChI=1S/C28H40O8Si/c1-7-37(8-2,9-3)36-24-21-15-16-27(28(31-5,32-6)25(21)35-19(4)29)22(18-34-26(30)23(24)27)33-17-20-13-11-10-12-14-20/h10-16,21-25H,7-9,17-18H2,1-6H3. The summed E-state index contributed by atoms with van der Waals surface area (Å²) in [5.41, 5.74) is -0.157. The molecule has 1 aromatic rings. The Balaban J connectivity index is 1.86. The number of rotatable bonds is 11. The number of ether oxygens (including phenoxy) is 5. The first-order valence-corrected chi connectivity index (χ1v) is 15.8. The van der Waals surface area contributed by atoms with Crippen molar-refractivity contribution in [3.8, 4) is 0 Å². The van der Waals surface area contributed by atoms with Gasteiger partial charge in [0, 0.05) is 27.1 Å². The highest BCUT2D eigenvalue weighted by Crippen LogP contribution is 2.63. The second-order valence-corrected chi connectivity index (χ2v) is 14.9. The van der Waals surface area contributed by atoms with E-state index in [-0.39, 0.29) is 12.6 Å². The summed E-state index contributed by atoms with van der Waals surface area (Å²) in [6.45, 7) is 8.14. The summed E-state index contributed by atoms with van der Waals surface area (Å²) >= 11 is 0. The summed E-state index contributed by atoms with van der Waals surface area (Å²) in [6, 6.07) is 12.5. The van der Waals surface area contributed by atoms with Crippen molar-refractivity contribution in [3.63, 3.8) is 0 Å². The van der Waals surface area contributed by atoms with Crippen LogP contribution in [0.1, 0.15) is 33.3 Å². The lowest BCUT2D eigenvalue weighted by molar-refractivity contribution is -0.383. The van der Waals surface area contributed by atoms with Crippen LogP contribution in [0.4, 0.5) is 0 Å². The monoisotopic (exact) mass is 532 g/mol. The lowest BCUT2D eigenvalue weighted by Crippen LogP contribution is -2.80. The van der Waals surface area contributed by atoms with Gasteiger partial charge in [0.2, 0.25) is 5.79 Å². The molecule has 3 aliphatic carbocycles. The molecule has 0 aromatic heterocycles. The minimum atomic E-state index is -2.19. The molecule has 1 saturated carbocycles. The first-order valence-electron chi connectivity index (χ1n) is 13.2. The second-order valence-electron chi connectivity index (χ2n) is 10.2. The van der Waals surface area contributed by atoms with Crippen LogP contribution in [0.2, 0.25) is 18.1 Å². The first kappa shape index (κ1) is 28.0. The van der Waals surface area contributed by atoms with Crippen molar-refractivity contribution in [1.29, 1.82) is 0 Å². The molecule has 1 heterocycles. The van der Waals surface area contributed by atoms with Crippen LogP contribution in [0.3, 0.4) is 0 Å². The minimum absolute atomic E-state index is 0.0169. The molecule has 37 heavy (non-hydrogen) atoms. The number of hydrogen-bond donors (Lipinski definition) is 0. The predicted octanol–water partition coefficient (Wildman–Crippen LogP) is 4.24. The highest BCUT2D eigenvalue weighted by atomic mass is 28.4. The molecule has 1 aliphatic heterocycles. The Morgan fingerprint density at radius 2 is 1.73 bits per heavy atom. The molecule has 8 nitrogen and oxygen atoms in total. The van der Waals surface area contributed by atoms with Gasteiger partial charge in [-0.1, -0.05) is 63.3 Å². The molecule has 5 rings (SSSR count). The number of carbonyl (C=O) groups excluding carboxylic acids is 2. The molecule has 204 valence electrons. The van der Waals surface area contributed by atoms with Gasteiger partial charge >= 0.3 is 11.9 Å². The molecule has 6 atom stereocenters. The van der Waals surface area contributed by atoms with Crippen LogP contribution in [-0.2, 0) is 44.3 Å². The second kappa shape index (κ2) is 11.0. The van der Waals surface area contributed by atoms with E-state index in [0.717, 1.165) is 23.7 Å². The van der Waals surface area contributed by atoms with Crippen LogP contribution >= 0.6 is 0 Å². The molecule has 4 aliphatic rings. The molecule has 1 saturated heterocycles. The molecule has 6 unspecified atom stereocenters. The van der Waals surface area contributed by atoms with Gasteiger partial charge in [0.25, 0.3) is 0 Å². The molecule has 1 aromatic carbocycles. The molecule has 0 amide bonds. The van der Waals surface area contributed by atoms with Crippen LogP contribution < -0.4 is 0 Å². The van der Waals surface area contributed by atoms with E-state index in [0.29, 0.717) is 6.61 Å². The molecule has 0 radical (unpaired) electrons. The van der Waals surface area contributed by atoms with Crippen LogP contribution in [0.25, 0.3) is 0 Å². The van der Waals surface area contributed by atoms with E-state index in [1.165, 1.54) is 21.1 Å². The Morgan fingerprint density at radius 3 is 2.30 bits per heavy atom. The van der Waals surface area contributed by atoms with E-state index in [2.05, 4.69) is 20.8 Å². The van der Waals surface area contributed by atoms with Crippen molar-refractivity contribution in [2.24, 2.45) is 17.3 Å². The van der Waals surface area contributed by atoms with Crippen LogP contribution in [0, 0.1) is 17.3 Å². The number of methoxy groups -OCH3 is 2. The summed E-state index contributed by atoms with van der Waals surface area (Å²) in [4.78, 5) is 26.0. The van der Waals surface area contributed by atoms with Gasteiger partial charge < -0.3 is 28.1 Å². The zero-order valence-corrected chi connectivity index (χ0v) is 23.7. The molecule has 1 spiro atoms. The average Bonchev–Trinajstić information content (AvgIpc) is 2.92. The Kier molecular flexibility index (Phi) is 8.30. The van der Waals surface area contributed by atoms with Crippen LogP contribution in [0.15, 0.2) is 42.5 Å². The number of fused-ring (bicyclic) bond motifs is 1. The van der Waals surface area contributed by atoms with E-state index in [1.807, 2.05) is 42.5 Å². The lowest BCUT2D eigenvalue weighted by Gasteiger charge is -2.66. The van der Waals surface area contributed by atoms with Gasteiger partial charge in [0.15, 0.2) is 14.4 Å². The molecule has 0 N–H and O–H groups in total. The Morgan fingerprint density at radius 1 is 1.08 bits per heavy atom. The van der Waals surface area contributed by atoms with Crippen molar-refractivity contribution in [1.82, 2.24) is 0 Å². The summed E-state index contributed by atoms with van der Waals surface area (Å²) in [7, 11) is 0.857. The fourth-order valence-corrected chi connectivity index (χ4v) is 9.60. The van der Waals surface area contributed by atoms with Crippen molar-refractivity contribution in [3.05, 3.63) is 48.0 Å². The third-order valence-corrected chi connectivity index (χ3v) is 13.5. The van der Waals surface area contributed by atoms with Crippen LogP contribution in [0.5, 0.6) is 0 Å². The molecule has 9 heteroatoms. The maximum absolute atomic E-state index is 13.6. The lowest BCUT2D eigenvalue weighted by atomic mass is 9.50. The van der Waals surface area contributed by atoms with E-state index in [4.69, 9.17) is 28.1 Å². The average molecular weight is 533 g/mol. The van der Waals surface area contributed by atoms with E-state index in [1.54, 1.807) is 0 Å². The van der Waals surface area contributed by atoms with E-state index >= 15 is 0 Å². The zero-order valence-electron chi connectivity index (χ0n) is 22.7. The number of carbonyl (C=O) groups is 2. The van der Waals surface area contributed by atoms with Gasteiger partial charge in [-0.2, -0.15) is 0 Å². The Labute approximate surface area is 220 Å². The Bertz CT molecular complexity index is 981. The van der Waals surface area contributed by atoms with Crippen molar-refractivity contribution >= 4 is 20.3 Å². The maximum atomic E-state index is 13.6. The van der Waals surface area contributed by atoms with Crippen molar-refractivity contribution < 1.29 is 37.7 Å². The summed E-state index contributed by atoms with van der Waals surface area (Å²) < 4.78 is 37.5. The largest absolute Gasteiger partial charge is 0.463 e. The van der Waals surface area contributed by atoms with E-state index in [9.17, 15) is 9.59 Å². The minimum Gasteiger partial charge on any atom is -0.463 e. The van der Waals surface area contributed by atoms with E-state index < -0.39 is 55.6 Å². The normalized spacial score (nSPS) is 32.1. The third kappa shape index (κ3) is 4.38. The fraction of sp³-hybridized carbons (Fsp3) is 0.643. The maximum Gasteiger partial charge on any atom is 0.312 e. The number of esters is 2. The molecular formula is C28H40O8Si. The highest BCUT2D eigenvalue weighted by Gasteiger charge is 2.78. The Hall–Kier alpha value is -2.04. The third-order valence-electron chi connectivity index (χ3n) is 8.82. The fourth-order valence-electron chi connectivity index (χ4n) is 6.73. The number of benzene rings is 1. The molecular weight excluding hydrogens is 492 g/mol. The SMILES string of the molecule is CC[Si](CC)(CC)OC1C2C=CC3(C(OCc4ccccc4)COC(=O)C13)C(OC)(OC)C2OC(C)=O. The van der Waals surface area contributed by atoms with Gasteiger partial charge in [-0.3, -0.25) is 9.59 Å². The highest BCUT2D eigenvalue weighted by molar-refractivity contribution is 6.73. The zero-order chi connectivity index (χ0) is 26.8. The number of hydrogen-bond acceptors (Lipinski definition) is 8. The van der Waals surface area contributed by atoms with Gasteiger partial charge in [-0.05, 0) is 23.7 Å². The van der Waals surface area contributed by atoms with Crippen molar-refractivity contribution in [2.75, 3.05) is 20.8 Å². The number of cyclic esters (lactones) is 1. The quantitative estimate of drug-likeness (QED) is 0.181. The topological polar surface area (TPSA) is 89.5 Å². The van der Waals surface area contributed by atoms with Crippen LogP contribution in [-0.4, -0.2) is 65.2 Å². The van der Waals surface area contributed by atoms with Gasteiger partial charge in [-0.15, -0.1) is 0 Å². The van der Waals surface area contributed by atoms with Gasteiger partial charge in [-0.25, -0.2) is 0 Å². The summed E-state index contributed by atoms with van der Waals surface area (Å²) in [5.74, 6) is -3.50. The first-order chi connectivity index (χ1) is 17.8. The molecule has 2 bridgehead atoms. The summed E-state index contributed by atoms with van der Waals surface area (Å²) in [6.07, 6.45) is 1.95. The predicted molar refractivity (Wildman–Crippen MR) is 139 cm³/mol. The smallest absolute Gasteiger partial charge is 0.312 e. The summed E-state index contributed by atoms with van der Waals surface area (Å²) in [5, 5.41) is 0.